The lowest BCUT2D eigenvalue weighted by Gasteiger charge is -2.12. The highest BCUT2D eigenvalue weighted by molar-refractivity contribution is 5.95. The van der Waals surface area contributed by atoms with Gasteiger partial charge in [-0.2, -0.15) is 5.10 Å². The molecule has 3 rings (SSSR count). The van der Waals surface area contributed by atoms with E-state index < -0.39 is 5.97 Å². The number of esters is 1. The molecule has 0 radical (unpaired) electrons. The number of aryl methyl sites for hydroxylation is 3. The van der Waals surface area contributed by atoms with E-state index in [0.717, 1.165) is 33.5 Å². The number of carbonyl (C=O) groups is 2. The van der Waals surface area contributed by atoms with Gasteiger partial charge in [0.25, 0.3) is 5.91 Å². The van der Waals surface area contributed by atoms with Crippen molar-refractivity contribution in [3.63, 3.8) is 0 Å². The summed E-state index contributed by atoms with van der Waals surface area (Å²) in [5.74, 6) is -0.958. The summed E-state index contributed by atoms with van der Waals surface area (Å²) in [6.07, 6.45) is 6.41. The van der Waals surface area contributed by atoms with Gasteiger partial charge >= 0.3 is 5.97 Å². The van der Waals surface area contributed by atoms with Crippen LogP contribution in [-0.2, 0) is 20.9 Å². The average molecular weight is 403 g/mol. The van der Waals surface area contributed by atoms with Gasteiger partial charge in [-0.05, 0) is 43.5 Å². The van der Waals surface area contributed by atoms with Gasteiger partial charge in [0, 0.05) is 23.5 Å². The van der Waals surface area contributed by atoms with Gasteiger partial charge in [0.15, 0.2) is 6.61 Å². The number of carbonyl (C=O) groups excluding carboxylic acids is 2. The zero-order valence-electron chi connectivity index (χ0n) is 17.4. The lowest BCUT2D eigenvalue weighted by Crippen LogP contribution is -2.21. The fraction of sp³-hybridized carbons (Fsp3) is 0.208. The normalized spacial score (nSPS) is 10.9. The highest BCUT2D eigenvalue weighted by Crippen LogP contribution is 2.21. The number of nitrogens with one attached hydrogen (secondary N) is 1. The number of benzene rings is 2. The predicted octanol–water partition coefficient (Wildman–Crippen LogP) is 4.05. The number of rotatable bonds is 7. The van der Waals surface area contributed by atoms with Crippen molar-refractivity contribution in [1.82, 2.24) is 9.78 Å². The summed E-state index contributed by atoms with van der Waals surface area (Å²) in [5.41, 5.74) is 5.74. The number of aromatic nitrogens is 2. The van der Waals surface area contributed by atoms with Crippen molar-refractivity contribution in [2.24, 2.45) is 0 Å². The number of hydrogen-bond acceptors (Lipinski definition) is 4. The first-order chi connectivity index (χ1) is 14.4. The number of anilines is 1. The predicted molar refractivity (Wildman–Crippen MR) is 117 cm³/mol. The summed E-state index contributed by atoms with van der Waals surface area (Å²) >= 11 is 0. The van der Waals surface area contributed by atoms with Crippen molar-refractivity contribution < 1.29 is 14.3 Å². The van der Waals surface area contributed by atoms with E-state index in [4.69, 9.17) is 4.74 Å². The zero-order valence-corrected chi connectivity index (χ0v) is 17.4. The fourth-order valence-electron chi connectivity index (χ4n) is 3.22. The summed E-state index contributed by atoms with van der Waals surface area (Å²) in [5, 5.41) is 7.09. The monoisotopic (exact) mass is 403 g/mol. The molecule has 0 unspecified atom stereocenters. The van der Waals surface area contributed by atoms with E-state index in [-0.39, 0.29) is 12.5 Å². The second-order valence-electron chi connectivity index (χ2n) is 7.22. The first-order valence-electron chi connectivity index (χ1n) is 9.69. The maximum atomic E-state index is 12.1. The molecule has 1 N–H and O–H groups in total. The van der Waals surface area contributed by atoms with Crippen molar-refractivity contribution in [2.75, 3.05) is 11.9 Å². The molecule has 3 aromatic rings. The lowest BCUT2D eigenvalue weighted by atomic mass is 10.1. The number of ether oxygens (including phenoxy) is 1. The smallest absolute Gasteiger partial charge is 0.331 e. The molecular weight excluding hydrogens is 378 g/mol. The van der Waals surface area contributed by atoms with Crippen LogP contribution in [0.15, 0.2) is 60.9 Å². The second-order valence-corrected chi connectivity index (χ2v) is 7.22. The van der Waals surface area contributed by atoms with Gasteiger partial charge in [-0.1, -0.05) is 48.0 Å². The molecule has 1 aromatic heterocycles. The number of nitrogens with zero attached hydrogens (tertiary/aromatic N) is 2. The molecule has 0 saturated carbocycles. The molecule has 1 amide bonds. The molecule has 0 aliphatic carbocycles. The second kappa shape index (κ2) is 9.69. The summed E-state index contributed by atoms with van der Waals surface area (Å²) in [6, 6.07) is 14.0. The minimum atomic E-state index is -0.585. The minimum Gasteiger partial charge on any atom is -0.452 e. The standard InChI is InChI=1S/C24H25N3O3/c1-17-11-18(2)24(19(3)12-17)26-22(28)16-30-23(29)10-9-21-13-25-27(15-21)14-20-7-5-4-6-8-20/h4-13,15H,14,16H2,1-3H3,(H,26,28)/b10-9+. The Morgan fingerprint density at radius 2 is 1.80 bits per heavy atom. The van der Waals surface area contributed by atoms with Gasteiger partial charge in [0.05, 0.1) is 12.7 Å². The van der Waals surface area contributed by atoms with Crippen LogP contribution in [-0.4, -0.2) is 28.3 Å². The van der Waals surface area contributed by atoms with Gasteiger partial charge in [-0.3, -0.25) is 9.48 Å². The molecule has 2 aromatic carbocycles. The largest absolute Gasteiger partial charge is 0.452 e. The molecule has 30 heavy (non-hydrogen) atoms. The van der Waals surface area contributed by atoms with Crippen molar-refractivity contribution in [1.29, 1.82) is 0 Å². The van der Waals surface area contributed by atoms with Crippen LogP contribution in [0.3, 0.4) is 0 Å². The fourth-order valence-corrected chi connectivity index (χ4v) is 3.22. The Kier molecular flexibility index (Phi) is 6.80. The zero-order chi connectivity index (χ0) is 21.5. The van der Waals surface area contributed by atoms with E-state index in [2.05, 4.69) is 10.4 Å². The maximum Gasteiger partial charge on any atom is 0.331 e. The molecule has 0 atom stereocenters. The van der Waals surface area contributed by atoms with Crippen molar-refractivity contribution in [2.45, 2.75) is 27.3 Å². The van der Waals surface area contributed by atoms with Crippen LogP contribution in [0.4, 0.5) is 5.69 Å². The SMILES string of the molecule is Cc1cc(C)c(NC(=O)COC(=O)/C=C/c2cnn(Cc3ccccc3)c2)c(C)c1. The Hall–Kier alpha value is -3.67. The van der Waals surface area contributed by atoms with Gasteiger partial charge in [-0.25, -0.2) is 4.79 Å². The maximum absolute atomic E-state index is 12.1. The Morgan fingerprint density at radius 3 is 2.50 bits per heavy atom. The van der Waals surface area contributed by atoms with Crippen LogP contribution in [0.1, 0.15) is 27.8 Å². The van der Waals surface area contributed by atoms with Crippen molar-refractivity contribution in [3.8, 4) is 0 Å². The van der Waals surface area contributed by atoms with Crippen LogP contribution in [0.5, 0.6) is 0 Å². The van der Waals surface area contributed by atoms with E-state index in [1.165, 1.54) is 6.08 Å². The molecule has 0 fully saturated rings. The molecule has 6 nitrogen and oxygen atoms in total. The summed E-state index contributed by atoms with van der Waals surface area (Å²) in [6.45, 7) is 6.18. The van der Waals surface area contributed by atoms with Crippen LogP contribution in [0.25, 0.3) is 6.08 Å². The van der Waals surface area contributed by atoms with Crippen molar-refractivity contribution in [3.05, 3.63) is 88.8 Å². The molecule has 0 spiro atoms. The molecule has 0 aliphatic heterocycles. The molecule has 1 heterocycles. The molecule has 154 valence electrons. The Balaban J connectivity index is 1.49. The molecule has 6 heteroatoms. The third-order valence-electron chi connectivity index (χ3n) is 4.54. The van der Waals surface area contributed by atoms with E-state index in [1.807, 2.05) is 69.4 Å². The van der Waals surface area contributed by atoms with E-state index in [9.17, 15) is 9.59 Å². The highest BCUT2D eigenvalue weighted by Gasteiger charge is 2.10. The quantitative estimate of drug-likeness (QED) is 0.477. The first-order valence-corrected chi connectivity index (χ1v) is 9.69. The van der Waals surface area contributed by atoms with E-state index >= 15 is 0 Å². The third kappa shape index (κ3) is 5.91. The molecule has 0 bridgehead atoms. The Morgan fingerprint density at radius 1 is 1.10 bits per heavy atom. The lowest BCUT2D eigenvalue weighted by molar-refractivity contribution is -0.142. The Labute approximate surface area is 176 Å². The summed E-state index contributed by atoms with van der Waals surface area (Å²) < 4.78 is 6.83. The minimum absolute atomic E-state index is 0.344. The van der Waals surface area contributed by atoms with E-state index in [1.54, 1.807) is 17.0 Å². The summed E-state index contributed by atoms with van der Waals surface area (Å²) in [4.78, 5) is 24.1. The average Bonchev–Trinajstić information content (AvgIpc) is 3.15. The van der Waals surface area contributed by atoms with Crippen LogP contribution in [0, 0.1) is 20.8 Å². The van der Waals surface area contributed by atoms with E-state index in [0.29, 0.717) is 6.54 Å². The van der Waals surface area contributed by atoms with Crippen LogP contribution < -0.4 is 5.32 Å². The number of amides is 1. The molecular formula is C24H25N3O3. The number of hydrogen-bond donors (Lipinski definition) is 1. The topological polar surface area (TPSA) is 73.2 Å². The summed E-state index contributed by atoms with van der Waals surface area (Å²) in [7, 11) is 0. The molecule has 0 aliphatic rings. The van der Waals surface area contributed by atoms with Gasteiger partial charge in [-0.15, -0.1) is 0 Å². The van der Waals surface area contributed by atoms with Crippen molar-refractivity contribution >= 4 is 23.6 Å². The van der Waals surface area contributed by atoms with Crippen LogP contribution in [0.2, 0.25) is 0 Å². The third-order valence-corrected chi connectivity index (χ3v) is 4.54. The first kappa shape index (κ1) is 21.0. The van der Waals surface area contributed by atoms with Gasteiger partial charge in [0.2, 0.25) is 0 Å². The van der Waals surface area contributed by atoms with Crippen LogP contribution >= 0.6 is 0 Å². The highest BCUT2D eigenvalue weighted by atomic mass is 16.5. The van der Waals surface area contributed by atoms with Gasteiger partial charge < -0.3 is 10.1 Å². The van der Waals surface area contributed by atoms with Gasteiger partial charge in [0.1, 0.15) is 0 Å². The molecule has 0 saturated heterocycles. The Bertz CT molecular complexity index is 1050.